The Labute approximate surface area is 227 Å². The summed E-state index contributed by atoms with van der Waals surface area (Å²) in [5, 5.41) is 18.5. The van der Waals surface area contributed by atoms with Crippen LogP contribution in [0.2, 0.25) is 0 Å². The van der Waals surface area contributed by atoms with Crippen LogP contribution in [-0.2, 0) is 22.5 Å². The monoisotopic (exact) mass is 527 g/mol. The fraction of sp³-hybridized carbons (Fsp3) is 0.517. The molecule has 9 nitrogen and oxygen atoms in total. The van der Waals surface area contributed by atoms with Crippen molar-refractivity contribution in [3.8, 4) is 0 Å². The smallest absolute Gasteiger partial charge is 0.407 e. The minimum atomic E-state index is -0.969. The van der Waals surface area contributed by atoms with Crippen molar-refractivity contribution in [1.82, 2.24) is 15.6 Å². The zero-order valence-electron chi connectivity index (χ0n) is 23.6. The summed E-state index contributed by atoms with van der Waals surface area (Å²) in [6.45, 7) is 12.1. The Kier molecular flexibility index (Phi) is 12.0. The maximum absolute atomic E-state index is 13.4. The van der Waals surface area contributed by atoms with Crippen molar-refractivity contribution in [2.24, 2.45) is 11.3 Å². The Bertz CT molecular complexity index is 1010. The van der Waals surface area contributed by atoms with E-state index in [1.54, 1.807) is 5.01 Å². The van der Waals surface area contributed by atoms with E-state index in [-0.39, 0.29) is 6.54 Å². The molecule has 210 valence electrons. The van der Waals surface area contributed by atoms with E-state index in [4.69, 9.17) is 10.6 Å². The third-order valence-corrected chi connectivity index (χ3v) is 6.56. The van der Waals surface area contributed by atoms with Crippen LogP contribution >= 0.6 is 0 Å². The van der Waals surface area contributed by atoms with Crippen molar-refractivity contribution < 1.29 is 19.4 Å². The second kappa shape index (κ2) is 14.7. The topological polar surface area (TPSA) is 120 Å². The van der Waals surface area contributed by atoms with Gasteiger partial charge >= 0.3 is 6.09 Å². The lowest BCUT2D eigenvalue weighted by molar-refractivity contribution is -0.127. The maximum atomic E-state index is 13.4. The number of alkyl carbamates (subject to hydrolysis) is 1. The number of carbonyl (C=O) groups is 2. The maximum Gasteiger partial charge on any atom is 0.407 e. The molecule has 0 aliphatic heterocycles. The lowest BCUT2D eigenvalue weighted by Gasteiger charge is -2.33. The van der Waals surface area contributed by atoms with E-state index in [1.807, 2.05) is 69.3 Å². The second-order valence-electron chi connectivity index (χ2n) is 10.5. The van der Waals surface area contributed by atoms with Crippen LogP contribution in [-0.4, -0.2) is 67.0 Å². The highest BCUT2D eigenvalue weighted by Gasteiger charge is 2.35. The van der Waals surface area contributed by atoms with Crippen LogP contribution in [0.1, 0.15) is 45.7 Å². The van der Waals surface area contributed by atoms with Crippen LogP contribution in [0.4, 0.5) is 10.5 Å². The van der Waals surface area contributed by atoms with E-state index in [9.17, 15) is 14.7 Å². The Morgan fingerprint density at radius 1 is 1.00 bits per heavy atom. The summed E-state index contributed by atoms with van der Waals surface area (Å²) < 4.78 is 4.72. The zero-order chi connectivity index (χ0) is 28.3. The number of amides is 2. The first kappa shape index (κ1) is 31.1. The zero-order valence-corrected chi connectivity index (χ0v) is 23.6. The number of para-hydroxylation sites is 1. The minimum absolute atomic E-state index is 0.134. The van der Waals surface area contributed by atoms with Crippen molar-refractivity contribution in [3.05, 3.63) is 65.7 Å². The fourth-order valence-electron chi connectivity index (χ4n) is 4.44. The number of nitrogens with two attached hydrogens (primary N) is 1. The molecule has 0 radical (unpaired) electrons. The summed E-state index contributed by atoms with van der Waals surface area (Å²) in [6.07, 6.45) is -1.27. The number of hydrogen-bond donors (Lipinski definition) is 4. The first-order chi connectivity index (χ1) is 18.0. The molecule has 38 heavy (non-hydrogen) atoms. The lowest BCUT2D eigenvalue weighted by atomic mass is 9.85. The summed E-state index contributed by atoms with van der Waals surface area (Å²) in [4.78, 5) is 27.6. The van der Waals surface area contributed by atoms with Crippen molar-refractivity contribution >= 4 is 17.7 Å². The van der Waals surface area contributed by atoms with Gasteiger partial charge < -0.3 is 25.4 Å². The van der Waals surface area contributed by atoms with Crippen LogP contribution in [0.25, 0.3) is 0 Å². The molecule has 2 rings (SSSR count). The van der Waals surface area contributed by atoms with E-state index in [2.05, 4.69) is 35.4 Å². The normalized spacial score (nSPS) is 13.9. The molecule has 0 saturated carbocycles. The molecule has 3 atom stereocenters. The van der Waals surface area contributed by atoms with Crippen LogP contribution in [0, 0.1) is 5.41 Å². The SMILES string of the molecule is CCN(CC)c1ccccc1CN(N)C[C@H](O)[C@H](Cc1ccccc1)NC(=O)[C@@H](NC(=O)OC)C(C)(C)C. The summed E-state index contributed by atoms with van der Waals surface area (Å²) in [5.74, 6) is 6.00. The number of carbonyl (C=O) groups excluding carboxylic acids is 2. The predicted octanol–water partition coefficient (Wildman–Crippen LogP) is 3.07. The molecular formula is C29H45N5O4. The molecule has 9 heteroatoms. The number of ether oxygens (including phenoxy) is 1. The molecule has 0 aromatic heterocycles. The fourth-order valence-corrected chi connectivity index (χ4v) is 4.44. The van der Waals surface area contributed by atoms with Gasteiger partial charge in [0.1, 0.15) is 6.04 Å². The average molecular weight is 528 g/mol. The molecule has 2 amide bonds. The third-order valence-electron chi connectivity index (χ3n) is 6.56. The molecule has 0 spiro atoms. The largest absolute Gasteiger partial charge is 0.453 e. The third kappa shape index (κ3) is 9.31. The first-order valence-corrected chi connectivity index (χ1v) is 13.2. The highest BCUT2D eigenvalue weighted by Crippen LogP contribution is 2.22. The van der Waals surface area contributed by atoms with Crippen LogP contribution in [0.5, 0.6) is 0 Å². The molecule has 0 bridgehead atoms. The Hall–Kier alpha value is -3.14. The number of aliphatic hydroxyl groups excluding tert-OH is 1. The quantitative estimate of drug-likeness (QED) is 0.233. The van der Waals surface area contributed by atoms with E-state index >= 15 is 0 Å². The summed E-state index contributed by atoms with van der Waals surface area (Å²) in [5.41, 5.74) is 2.54. The second-order valence-corrected chi connectivity index (χ2v) is 10.5. The van der Waals surface area contributed by atoms with Gasteiger partial charge in [0, 0.05) is 31.9 Å². The van der Waals surface area contributed by atoms with Gasteiger partial charge in [-0.3, -0.25) is 10.6 Å². The van der Waals surface area contributed by atoms with E-state index in [1.165, 1.54) is 7.11 Å². The number of hydrogen-bond acceptors (Lipinski definition) is 7. The average Bonchev–Trinajstić information content (AvgIpc) is 2.88. The number of hydrazine groups is 1. The lowest BCUT2D eigenvalue weighted by Crippen LogP contribution is -2.58. The van der Waals surface area contributed by atoms with Gasteiger partial charge in [-0.15, -0.1) is 0 Å². The number of aliphatic hydroxyl groups is 1. The van der Waals surface area contributed by atoms with Crippen molar-refractivity contribution in [3.63, 3.8) is 0 Å². The van der Waals surface area contributed by atoms with Gasteiger partial charge in [-0.05, 0) is 42.9 Å². The molecular weight excluding hydrogens is 482 g/mol. The summed E-state index contributed by atoms with van der Waals surface area (Å²) in [7, 11) is 1.25. The number of anilines is 1. The van der Waals surface area contributed by atoms with Crippen LogP contribution in [0.3, 0.4) is 0 Å². The van der Waals surface area contributed by atoms with Crippen LogP contribution in [0.15, 0.2) is 54.6 Å². The molecule has 0 aliphatic carbocycles. The van der Waals surface area contributed by atoms with Crippen molar-refractivity contribution in [2.45, 2.75) is 65.8 Å². The van der Waals surface area contributed by atoms with Gasteiger partial charge in [-0.1, -0.05) is 69.3 Å². The van der Waals surface area contributed by atoms with Gasteiger partial charge in [-0.25, -0.2) is 9.80 Å². The molecule has 0 heterocycles. The first-order valence-electron chi connectivity index (χ1n) is 13.2. The summed E-state index contributed by atoms with van der Waals surface area (Å²) >= 11 is 0. The molecule has 2 aromatic carbocycles. The van der Waals surface area contributed by atoms with E-state index in [0.717, 1.165) is 29.9 Å². The van der Waals surface area contributed by atoms with Gasteiger partial charge in [0.2, 0.25) is 5.91 Å². The number of benzene rings is 2. The highest BCUT2D eigenvalue weighted by atomic mass is 16.5. The Morgan fingerprint density at radius 2 is 1.61 bits per heavy atom. The number of nitrogens with one attached hydrogen (secondary N) is 2. The van der Waals surface area contributed by atoms with Crippen LogP contribution < -0.4 is 21.4 Å². The molecule has 0 aliphatic rings. The Balaban J connectivity index is 2.22. The number of nitrogens with zero attached hydrogens (tertiary/aromatic N) is 2. The van der Waals surface area contributed by atoms with Gasteiger partial charge in [0.05, 0.1) is 19.3 Å². The Morgan fingerprint density at radius 3 is 2.18 bits per heavy atom. The highest BCUT2D eigenvalue weighted by molar-refractivity contribution is 5.86. The molecule has 0 fully saturated rings. The van der Waals surface area contributed by atoms with Crippen molar-refractivity contribution in [2.75, 3.05) is 31.6 Å². The molecule has 0 unspecified atom stereocenters. The van der Waals surface area contributed by atoms with Gasteiger partial charge in [0.15, 0.2) is 0 Å². The van der Waals surface area contributed by atoms with E-state index < -0.39 is 35.6 Å². The summed E-state index contributed by atoms with van der Waals surface area (Å²) in [6, 6.07) is 16.2. The predicted molar refractivity (Wildman–Crippen MR) is 151 cm³/mol. The number of rotatable bonds is 13. The minimum Gasteiger partial charge on any atom is -0.453 e. The van der Waals surface area contributed by atoms with Gasteiger partial charge in [0.25, 0.3) is 0 Å². The molecule has 5 N–H and O–H groups in total. The number of methoxy groups -OCH3 is 1. The standard InChI is InChI=1S/C29H45N5O4/c1-7-33(8-2)24-17-13-12-16-22(24)19-34(30)20-25(35)23(18-21-14-10-9-11-15-21)31-27(36)26(29(3,4)5)32-28(37)38-6/h9-17,23,25-26,35H,7-8,18-20,30H2,1-6H3,(H,31,36)(H,32,37)/t23-,25-,26+/m0/s1. The molecule has 2 aromatic rings. The van der Waals surface area contributed by atoms with Crippen molar-refractivity contribution in [1.29, 1.82) is 0 Å². The molecule has 0 saturated heterocycles. The van der Waals surface area contributed by atoms with E-state index in [0.29, 0.717) is 13.0 Å². The van der Waals surface area contributed by atoms with Gasteiger partial charge in [-0.2, -0.15) is 0 Å².